The molecule has 0 fully saturated rings. The lowest BCUT2D eigenvalue weighted by Gasteiger charge is -2.10. The minimum Gasteiger partial charge on any atom is -0.497 e. The Kier molecular flexibility index (Phi) is 4.44. The Morgan fingerprint density at radius 3 is 2.83 bits per heavy atom. The summed E-state index contributed by atoms with van der Waals surface area (Å²) in [6.45, 7) is 2.13. The molecule has 4 heteroatoms. The normalized spacial score (nSPS) is 16.9. The van der Waals surface area contributed by atoms with Gasteiger partial charge in [0.2, 0.25) is 0 Å². The first-order chi connectivity index (χ1) is 5.22. The third kappa shape index (κ3) is 2.58. The molecule has 0 radical (unpaired) electrons. The van der Waals surface area contributed by atoms with Crippen LogP contribution in [0.2, 0.25) is 0 Å². The van der Waals surface area contributed by atoms with Crippen LogP contribution in [0.15, 0.2) is 24.0 Å². The van der Waals surface area contributed by atoms with Crippen LogP contribution in [0.3, 0.4) is 0 Å². The summed E-state index contributed by atoms with van der Waals surface area (Å²) in [5.74, 6) is -1.24. The van der Waals surface area contributed by atoms with Crippen LogP contribution in [0.1, 0.15) is 6.92 Å². The molecule has 0 amide bonds. The Bertz CT molecular complexity index is 220. The van der Waals surface area contributed by atoms with Gasteiger partial charge in [-0.1, -0.05) is 0 Å². The molecule has 1 aliphatic heterocycles. The highest BCUT2D eigenvalue weighted by Gasteiger charge is 2.15. The van der Waals surface area contributed by atoms with E-state index in [0.29, 0.717) is 6.61 Å². The van der Waals surface area contributed by atoms with E-state index in [4.69, 9.17) is 9.84 Å². The van der Waals surface area contributed by atoms with E-state index in [0.717, 1.165) is 5.57 Å². The van der Waals surface area contributed by atoms with Crippen molar-refractivity contribution in [2.75, 3.05) is 6.61 Å². The monoisotopic (exact) mass is 190 g/mol. The molecule has 1 N–H and O–H groups in total. The summed E-state index contributed by atoms with van der Waals surface area (Å²) in [4.78, 5) is 10.5. The molecule has 3 nitrogen and oxygen atoms in total. The number of hydrogen-bond acceptors (Lipinski definition) is 2. The lowest BCUT2D eigenvalue weighted by atomic mass is 10.0. The van der Waals surface area contributed by atoms with E-state index in [2.05, 4.69) is 0 Å². The van der Waals surface area contributed by atoms with E-state index in [1.54, 1.807) is 19.1 Å². The number of hydrogen-bond donors (Lipinski definition) is 1. The average molecular weight is 191 g/mol. The van der Waals surface area contributed by atoms with Crippen LogP contribution in [-0.4, -0.2) is 17.7 Å². The highest BCUT2D eigenvalue weighted by atomic mass is 35.5. The van der Waals surface area contributed by atoms with E-state index in [9.17, 15) is 4.79 Å². The van der Waals surface area contributed by atoms with Gasteiger partial charge in [-0.05, 0) is 24.6 Å². The number of carbonyl (C=O) groups is 1. The number of ether oxygens (including phenoxy) is 1. The second kappa shape index (κ2) is 4.83. The molecule has 1 heterocycles. The third-order valence-electron chi connectivity index (χ3n) is 1.64. The van der Waals surface area contributed by atoms with Crippen molar-refractivity contribution in [2.24, 2.45) is 5.92 Å². The van der Waals surface area contributed by atoms with Crippen LogP contribution in [0.25, 0.3) is 0 Å². The largest absolute Gasteiger partial charge is 0.497 e. The lowest BCUT2D eigenvalue weighted by Crippen LogP contribution is -2.12. The van der Waals surface area contributed by atoms with Gasteiger partial charge in [0.15, 0.2) is 0 Å². The molecule has 0 aromatic heterocycles. The number of aliphatic carboxylic acids is 1. The molecule has 0 spiro atoms. The zero-order valence-electron chi connectivity index (χ0n) is 6.69. The van der Waals surface area contributed by atoms with E-state index in [1.165, 1.54) is 6.26 Å². The summed E-state index contributed by atoms with van der Waals surface area (Å²) in [7, 11) is 0. The second-order valence-electron chi connectivity index (χ2n) is 2.40. The number of allylic oxidation sites excluding steroid dienone is 1. The molecule has 12 heavy (non-hydrogen) atoms. The smallest absolute Gasteiger partial charge is 0.310 e. The predicted molar refractivity (Wildman–Crippen MR) is 47.2 cm³/mol. The minimum absolute atomic E-state index is 0. The van der Waals surface area contributed by atoms with Crippen molar-refractivity contribution in [3.05, 3.63) is 24.0 Å². The summed E-state index contributed by atoms with van der Waals surface area (Å²) in [6.07, 6.45) is 4.98. The molecule has 0 bridgehead atoms. The number of halogens is 1. The first kappa shape index (κ1) is 11.0. The summed E-state index contributed by atoms with van der Waals surface area (Å²) in [5, 5.41) is 8.62. The van der Waals surface area contributed by atoms with Crippen LogP contribution < -0.4 is 0 Å². The van der Waals surface area contributed by atoms with E-state index in [-0.39, 0.29) is 12.4 Å². The zero-order valence-corrected chi connectivity index (χ0v) is 7.50. The Balaban J connectivity index is 0.00000121. The first-order valence-electron chi connectivity index (χ1n) is 3.43. The van der Waals surface area contributed by atoms with Crippen molar-refractivity contribution < 1.29 is 14.6 Å². The molecule has 0 aliphatic carbocycles. The van der Waals surface area contributed by atoms with Crippen LogP contribution in [-0.2, 0) is 9.53 Å². The Labute approximate surface area is 77.1 Å². The van der Waals surface area contributed by atoms with E-state index >= 15 is 0 Å². The Morgan fingerprint density at radius 1 is 1.75 bits per heavy atom. The van der Waals surface area contributed by atoms with Crippen molar-refractivity contribution in [2.45, 2.75) is 6.92 Å². The highest BCUT2D eigenvalue weighted by molar-refractivity contribution is 5.85. The topological polar surface area (TPSA) is 46.5 Å². The fourth-order valence-electron chi connectivity index (χ4n) is 0.858. The Hall–Kier alpha value is -0.960. The first-order valence-corrected chi connectivity index (χ1v) is 3.43. The van der Waals surface area contributed by atoms with Crippen molar-refractivity contribution in [3.63, 3.8) is 0 Å². The Morgan fingerprint density at radius 2 is 2.42 bits per heavy atom. The van der Waals surface area contributed by atoms with Gasteiger partial charge in [0.25, 0.3) is 0 Å². The van der Waals surface area contributed by atoms with Crippen LogP contribution in [0.4, 0.5) is 0 Å². The van der Waals surface area contributed by atoms with Gasteiger partial charge < -0.3 is 9.84 Å². The molecular formula is C8H11ClO3. The third-order valence-corrected chi connectivity index (χ3v) is 1.64. The van der Waals surface area contributed by atoms with Gasteiger partial charge in [-0.15, -0.1) is 12.4 Å². The summed E-state index contributed by atoms with van der Waals surface area (Å²) in [6, 6.07) is 0. The van der Waals surface area contributed by atoms with Gasteiger partial charge in [0.05, 0.1) is 12.2 Å². The molecule has 1 rings (SSSR count). The summed E-state index contributed by atoms with van der Waals surface area (Å²) >= 11 is 0. The van der Waals surface area contributed by atoms with Crippen molar-refractivity contribution in [1.29, 1.82) is 0 Å². The van der Waals surface area contributed by atoms with Crippen LogP contribution in [0.5, 0.6) is 0 Å². The number of carboxylic acids is 1. The highest BCUT2D eigenvalue weighted by Crippen LogP contribution is 2.14. The van der Waals surface area contributed by atoms with E-state index < -0.39 is 11.9 Å². The van der Waals surface area contributed by atoms with Gasteiger partial charge in [-0.25, -0.2) is 0 Å². The van der Waals surface area contributed by atoms with Gasteiger partial charge in [0.1, 0.15) is 6.61 Å². The quantitative estimate of drug-likeness (QED) is 0.720. The molecule has 0 aromatic carbocycles. The van der Waals surface area contributed by atoms with Gasteiger partial charge in [-0.2, -0.15) is 0 Å². The second-order valence-corrected chi connectivity index (χ2v) is 2.40. The number of rotatable bonds is 2. The van der Waals surface area contributed by atoms with Crippen molar-refractivity contribution in [1.82, 2.24) is 0 Å². The molecule has 1 aliphatic rings. The minimum atomic E-state index is -0.803. The molecule has 1 unspecified atom stereocenters. The molecule has 0 saturated heterocycles. The fraction of sp³-hybridized carbons (Fsp3) is 0.375. The van der Waals surface area contributed by atoms with Gasteiger partial charge in [0, 0.05) is 0 Å². The van der Waals surface area contributed by atoms with Crippen LogP contribution in [0, 0.1) is 5.92 Å². The molecule has 68 valence electrons. The predicted octanol–water partition coefficient (Wildman–Crippen LogP) is 1.60. The van der Waals surface area contributed by atoms with Crippen LogP contribution >= 0.6 is 12.4 Å². The standard InChI is InChI=1S/C8H10O3.ClH/c1-6(8(9)10)7-2-4-11-5-3-7;/h2-4,6H,5H2,1H3,(H,9,10);1H. The van der Waals surface area contributed by atoms with Gasteiger partial charge in [-0.3, -0.25) is 4.79 Å². The average Bonchev–Trinajstić information content (AvgIpc) is 2.05. The zero-order chi connectivity index (χ0) is 8.27. The summed E-state index contributed by atoms with van der Waals surface area (Å²) < 4.78 is 4.88. The maximum atomic E-state index is 10.5. The van der Waals surface area contributed by atoms with Crippen molar-refractivity contribution in [3.8, 4) is 0 Å². The molecule has 0 saturated carbocycles. The van der Waals surface area contributed by atoms with Crippen molar-refractivity contribution >= 4 is 18.4 Å². The SMILES string of the molecule is CC(C(=O)O)C1=CCOC=C1.Cl. The maximum Gasteiger partial charge on any atom is 0.310 e. The lowest BCUT2D eigenvalue weighted by molar-refractivity contribution is -0.139. The fourth-order valence-corrected chi connectivity index (χ4v) is 0.858. The number of carboxylic acid groups (broad SMARTS) is 1. The van der Waals surface area contributed by atoms with E-state index in [1.807, 2.05) is 0 Å². The molecule has 1 atom stereocenters. The maximum absolute atomic E-state index is 10.5. The molecular weight excluding hydrogens is 180 g/mol. The summed E-state index contributed by atoms with van der Waals surface area (Å²) in [5.41, 5.74) is 0.809. The van der Waals surface area contributed by atoms with Gasteiger partial charge >= 0.3 is 5.97 Å². The molecule has 0 aromatic rings.